The van der Waals surface area contributed by atoms with Crippen molar-refractivity contribution in [3.8, 4) is 0 Å². The maximum absolute atomic E-state index is 6.34. The molecule has 0 bridgehead atoms. The van der Waals surface area contributed by atoms with Crippen LogP contribution in [0.1, 0.15) is 29.3 Å². The first-order valence-electron chi connectivity index (χ1n) is 6.23. The minimum atomic E-state index is 0.0714. The van der Waals surface area contributed by atoms with Crippen molar-refractivity contribution in [3.63, 3.8) is 0 Å². The maximum atomic E-state index is 6.34. The fourth-order valence-electron chi connectivity index (χ4n) is 2.12. The molecule has 2 rings (SSSR count). The standard InChI is InChI=1S/C14H19N3S/c15-8-3-5-11(16)14(13-7-4-10-18-13)12-6-1-2-9-17-12/h1-2,4,6-7,9-11,14H,3,5,8,15-16H2. The highest BCUT2D eigenvalue weighted by atomic mass is 32.1. The van der Waals surface area contributed by atoms with Crippen molar-refractivity contribution in [2.75, 3.05) is 6.54 Å². The summed E-state index contributed by atoms with van der Waals surface area (Å²) in [5, 5.41) is 2.08. The lowest BCUT2D eigenvalue weighted by Crippen LogP contribution is -2.30. The lowest BCUT2D eigenvalue weighted by atomic mass is 9.91. The molecule has 4 heteroatoms. The van der Waals surface area contributed by atoms with Crippen LogP contribution in [0.3, 0.4) is 0 Å². The SMILES string of the molecule is NCCCC(N)C(c1ccccn1)c1cccs1. The lowest BCUT2D eigenvalue weighted by Gasteiger charge is -2.22. The first-order chi connectivity index (χ1) is 8.83. The Morgan fingerprint density at radius 3 is 2.72 bits per heavy atom. The van der Waals surface area contributed by atoms with Crippen molar-refractivity contribution in [2.24, 2.45) is 11.5 Å². The van der Waals surface area contributed by atoms with E-state index in [-0.39, 0.29) is 12.0 Å². The first kappa shape index (κ1) is 13.2. The molecule has 0 aliphatic heterocycles. The molecule has 3 nitrogen and oxygen atoms in total. The molecule has 96 valence electrons. The van der Waals surface area contributed by atoms with Crippen LogP contribution < -0.4 is 11.5 Å². The van der Waals surface area contributed by atoms with Crippen molar-refractivity contribution in [1.29, 1.82) is 0 Å². The molecule has 0 aromatic carbocycles. The van der Waals surface area contributed by atoms with Gasteiger partial charge in [-0.25, -0.2) is 0 Å². The predicted molar refractivity (Wildman–Crippen MR) is 76.7 cm³/mol. The Labute approximate surface area is 112 Å². The average Bonchev–Trinajstić information content (AvgIpc) is 2.92. The van der Waals surface area contributed by atoms with Gasteiger partial charge >= 0.3 is 0 Å². The number of nitrogens with two attached hydrogens (primary N) is 2. The van der Waals surface area contributed by atoms with Crippen molar-refractivity contribution in [2.45, 2.75) is 24.8 Å². The third-order valence-electron chi connectivity index (χ3n) is 3.03. The van der Waals surface area contributed by atoms with E-state index >= 15 is 0 Å². The van der Waals surface area contributed by atoms with Gasteiger partial charge in [0.25, 0.3) is 0 Å². The molecule has 0 saturated carbocycles. The van der Waals surface area contributed by atoms with Crippen LogP contribution in [-0.2, 0) is 0 Å². The Kier molecular flexibility index (Phi) is 4.87. The smallest absolute Gasteiger partial charge is 0.0508 e. The molecule has 2 atom stereocenters. The van der Waals surface area contributed by atoms with Crippen LogP contribution in [0.4, 0.5) is 0 Å². The monoisotopic (exact) mass is 261 g/mol. The number of pyridine rings is 1. The number of aromatic nitrogens is 1. The van der Waals surface area contributed by atoms with Crippen LogP contribution in [0.25, 0.3) is 0 Å². The summed E-state index contributed by atoms with van der Waals surface area (Å²) in [7, 11) is 0. The highest BCUT2D eigenvalue weighted by Gasteiger charge is 2.23. The fourth-order valence-corrected chi connectivity index (χ4v) is 3.04. The van der Waals surface area contributed by atoms with E-state index in [2.05, 4.69) is 22.5 Å². The van der Waals surface area contributed by atoms with Crippen molar-refractivity contribution in [1.82, 2.24) is 4.98 Å². The molecule has 2 aromatic rings. The van der Waals surface area contributed by atoms with E-state index < -0.39 is 0 Å². The molecule has 4 N–H and O–H groups in total. The molecular formula is C14H19N3S. The van der Waals surface area contributed by atoms with Crippen LogP contribution in [0.15, 0.2) is 41.9 Å². The quantitative estimate of drug-likeness (QED) is 0.839. The van der Waals surface area contributed by atoms with E-state index in [0.29, 0.717) is 6.54 Å². The number of nitrogens with zero attached hydrogens (tertiary/aromatic N) is 1. The van der Waals surface area contributed by atoms with Gasteiger partial charge < -0.3 is 11.5 Å². The second-order valence-corrected chi connectivity index (χ2v) is 5.32. The molecule has 2 unspecified atom stereocenters. The zero-order valence-electron chi connectivity index (χ0n) is 10.3. The predicted octanol–water partition coefficient (Wildman–Crippen LogP) is 2.34. The lowest BCUT2D eigenvalue weighted by molar-refractivity contribution is 0.531. The molecule has 0 fully saturated rings. The minimum absolute atomic E-state index is 0.0714. The van der Waals surface area contributed by atoms with Crippen molar-refractivity contribution < 1.29 is 0 Å². The summed E-state index contributed by atoms with van der Waals surface area (Å²) in [6, 6.07) is 10.3. The molecule has 0 spiro atoms. The van der Waals surface area contributed by atoms with E-state index in [1.165, 1.54) is 4.88 Å². The van der Waals surface area contributed by atoms with Crippen LogP contribution in [-0.4, -0.2) is 17.6 Å². The molecular weight excluding hydrogens is 242 g/mol. The van der Waals surface area contributed by atoms with Gasteiger partial charge in [-0.3, -0.25) is 4.98 Å². The van der Waals surface area contributed by atoms with Gasteiger partial charge in [0.1, 0.15) is 0 Å². The summed E-state index contributed by atoms with van der Waals surface area (Å²) in [6.07, 6.45) is 3.71. The summed E-state index contributed by atoms with van der Waals surface area (Å²) in [5.41, 5.74) is 12.9. The Morgan fingerprint density at radius 1 is 1.22 bits per heavy atom. The molecule has 0 radical (unpaired) electrons. The molecule has 0 saturated heterocycles. The van der Waals surface area contributed by atoms with Crippen molar-refractivity contribution in [3.05, 3.63) is 52.5 Å². The summed E-state index contributed by atoms with van der Waals surface area (Å²) < 4.78 is 0. The topological polar surface area (TPSA) is 64.9 Å². The van der Waals surface area contributed by atoms with Crippen molar-refractivity contribution >= 4 is 11.3 Å². The van der Waals surface area contributed by atoms with E-state index in [0.717, 1.165) is 18.5 Å². The third-order valence-corrected chi connectivity index (χ3v) is 3.98. The van der Waals surface area contributed by atoms with Gasteiger partial charge in [0.15, 0.2) is 0 Å². The van der Waals surface area contributed by atoms with E-state index in [1.54, 1.807) is 11.3 Å². The molecule has 2 heterocycles. The van der Waals surface area contributed by atoms with Gasteiger partial charge in [0, 0.05) is 17.1 Å². The van der Waals surface area contributed by atoms with Gasteiger partial charge in [0.05, 0.1) is 11.6 Å². The van der Waals surface area contributed by atoms with Gasteiger partial charge in [-0.1, -0.05) is 12.1 Å². The van der Waals surface area contributed by atoms with Crippen LogP contribution in [0.2, 0.25) is 0 Å². The number of hydrogen-bond acceptors (Lipinski definition) is 4. The zero-order chi connectivity index (χ0) is 12.8. The molecule has 0 aliphatic rings. The summed E-state index contributed by atoms with van der Waals surface area (Å²) in [4.78, 5) is 5.74. The van der Waals surface area contributed by atoms with Gasteiger partial charge in [-0.15, -0.1) is 11.3 Å². The first-order valence-corrected chi connectivity index (χ1v) is 7.11. The van der Waals surface area contributed by atoms with E-state index in [9.17, 15) is 0 Å². The highest BCUT2D eigenvalue weighted by molar-refractivity contribution is 7.10. The number of rotatable bonds is 6. The molecule has 0 amide bonds. The second-order valence-electron chi connectivity index (χ2n) is 4.34. The normalized spacial score (nSPS) is 14.3. The largest absolute Gasteiger partial charge is 0.330 e. The average molecular weight is 261 g/mol. The number of hydrogen-bond donors (Lipinski definition) is 2. The Morgan fingerprint density at radius 2 is 2.11 bits per heavy atom. The Bertz CT molecular complexity index is 441. The van der Waals surface area contributed by atoms with Crippen LogP contribution >= 0.6 is 11.3 Å². The fraction of sp³-hybridized carbons (Fsp3) is 0.357. The highest BCUT2D eigenvalue weighted by Crippen LogP contribution is 2.30. The summed E-state index contributed by atoms with van der Waals surface area (Å²) >= 11 is 1.74. The van der Waals surface area contributed by atoms with Gasteiger partial charge in [-0.05, 0) is 43.0 Å². The van der Waals surface area contributed by atoms with Crippen LogP contribution in [0, 0.1) is 0 Å². The Balaban J connectivity index is 2.24. The zero-order valence-corrected chi connectivity index (χ0v) is 11.1. The molecule has 18 heavy (non-hydrogen) atoms. The number of thiophene rings is 1. The third kappa shape index (κ3) is 3.16. The van der Waals surface area contributed by atoms with Crippen LogP contribution in [0.5, 0.6) is 0 Å². The molecule has 2 aromatic heterocycles. The summed E-state index contributed by atoms with van der Waals surface area (Å²) in [5.74, 6) is 0.178. The second kappa shape index (κ2) is 6.64. The molecule has 0 aliphatic carbocycles. The summed E-state index contributed by atoms with van der Waals surface area (Å²) in [6.45, 7) is 0.688. The minimum Gasteiger partial charge on any atom is -0.330 e. The van der Waals surface area contributed by atoms with E-state index in [1.807, 2.05) is 24.4 Å². The Hall–Kier alpha value is -1.23. The maximum Gasteiger partial charge on any atom is 0.0508 e. The van der Waals surface area contributed by atoms with E-state index in [4.69, 9.17) is 11.5 Å². The van der Waals surface area contributed by atoms with Gasteiger partial charge in [0.2, 0.25) is 0 Å². The van der Waals surface area contributed by atoms with Gasteiger partial charge in [-0.2, -0.15) is 0 Å².